The van der Waals surface area contributed by atoms with Crippen LogP contribution in [-0.4, -0.2) is 5.11 Å². The number of nitrogens with one attached hydrogen (secondary N) is 1. The van der Waals surface area contributed by atoms with Gasteiger partial charge < -0.3 is 10.5 Å². The summed E-state index contributed by atoms with van der Waals surface area (Å²) in [6.45, 7) is 0. The van der Waals surface area contributed by atoms with E-state index in [1.807, 2.05) is 0 Å². The fraction of sp³-hybridized carbons (Fsp3) is 0. The first kappa shape index (κ1) is 7.18. The lowest BCUT2D eigenvalue weighted by Gasteiger charge is -2.01. The van der Waals surface area contributed by atoms with Crippen molar-refractivity contribution in [3.05, 3.63) is 23.2 Å². The van der Waals surface area contributed by atoms with E-state index in [0.29, 0.717) is 10.7 Å². The first-order valence-electron chi connectivity index (χ1n) is 2.69. The van der Waals surface area contributed by atoms with E-state index < -0.39 is 0 Å². The van der Waals surface area contributed by atoms with Crippen LogP contribution in [0.4, 0.5) is 5.69 Å². The predicted octanol–water partition coefficient (Wildman–Crippen LogP) is 1.33. The third-order valence-corrected chi connectivity index (χ3v) is 1.35. The highest BCUT2D eigenvalue weighted by molar-refractivity contribution is 6.30. The lowest BCUT2D eigenvalue weighted by Crippen LogP contribution is -2.06. The summed E-state index contributed by atoms with van der Waals surface area (Å²) in [4.78, 5) is 0. The standard InChI is InChI=1S/C6H7ClN2O/c7-4-1-2-6(10)5(3-4)9-8/h1-3,9-10H,8H2. The highest BCUT2D eigenvalue weighted by Gasteiger charge is 1.97. The van der Waals surface area contributed by atoms with Crippen molar-refractivity contribution in [1.29, 1.82) is 0 Å². The molecule has 4 N–H and O–H groups in total. The summed E-state index contributed by atoms with van der Waals surface area (Å²) >= 11 is 5.59. The Balaban J connectivity index is 3.09. The van der Waals surface area contributed by atoms with Gasteiger partial charge in [0.2, 0.25) is 0 Å². The zero-order valence-electron chi connectivity index (χ0n) is 5.13. The number of nitrogens with two attached hydrogens (primary N) is 1. The van der Waals surface area contributed by atoms with Gasteiger partial charge in [-0.25, -0.2) is 0 Å². The molecule has 0 radical (unpaired) electrons. The van der Waals surface area contributed by atoms with E-state index in [1.165, 1.54) is 12.1 Å². The number of aromatic hydroxyl groups is 1. The van der Waals surface area contributed by atoms with Crippen molar-refractivity contribution in [2.24, 2.45) is 5.84 Å². The first-order chi connectivity index (χ1) is 4.74. The zero-order chi connectivity index (χ0) is 7.56. The second-order valence-corrected chi connectivity index (χ2v) is 2.24. The van der Waals surface area contributed by atoms with Crippen LogP contribution in [0.25, 0.3) is 0 Å². The van der Waals surface area contributed by atoms with Crippen LogP contribution in [0.3, 0.4) is 0 Å². The van der Waals surface area contributed by atoms with Gasteiger partial charge in [-0.3, -0.25) is 5.84 Å². The Hall–Kier alpha value is -0.930. The Kier molecular flexibility index (Phi) is 1.99. The summed E-state index contributed by atoms with van der Waals surface area (Å²) in [6.07, 6.45) is 0. The number of hydrogen-bond acceptors (Lipinski definition) is 3. The fourth-order valence-corrected chi connectivity index (χ4v) is 0.796. The Bertz CT molecular complexity index is 239. The Morgan fingerprint density at radius 1 is 1.50 bits per heavy atom. The number of phenolic OH excluding ortho intramolecular Hbond substituents is 1. The number of hydrogen-bond donors (Lipinski definition) is 3. The summed E-state index contributed by atoms with van der Waals surface area (Å²) in [5, 5.41) is 9.57. The lowest BCUT2D eigenvalue weighted by molar-refractivity contribution is 0.477. The van der Waals surface area contributed by atoms with E-state index in [0.717, 1.165) is 0 Å². The Labute approximate surface area is 63.4 Å². The lowest BCUT2D eigenvalue weighted by atomic mass is 10.3. The predicted molar refractivity (Wildman–Crippen MR) is 40.9 cm³/mol. The van der Waals surface area contributed by atoms with Gasteiger partial charge in [0, 0.05) is 5.02 Å². The maximum absolute atomic E-state index is 9.03. The molecule has 0 heterocycles. The van der Waals surface area contributed by atoms with Crippen LogP contribution < -0.4 is 11.3 Å². The Morgan fingerprint density at radius 2 is 2.20 bits per heavy atom. The molecule has 1 aromatic carbocycles. The number of rotatable bonds is 1. The second-order valence-electron chi connectivity index (χ2n) is 1.81. The summed E-state index contributed by atoms with van der Waals surface area (Å²) in [6, 6.07) is 4.59. The molecule has 1 rings (SSSR count). The number of benzene rings is 1. The SMILES string of the molecule is NNc1cc(Cl)ccc1O. The van der Waals surface area contributed by atoms with Crippen molar-refractivity contribution < 1.29 is 5.11 Å². The molecule has 0 saturated carbocycles. The molecule has 0 aliphatic carbocycles. The van der Waals surface area contributed by atoms with Gasteiger partial charge in [0.1, 0.15) is 5.75 Å². The largest absolute Gasteiger partial charge is 0.506 e. The molecule has 0 unspecified atom stereocenters. The summed E-state index contributed by atoms with van der Waals surface area (Å²) in [5.41, 5.74) is 2.73. The van der Waals surface area contributed by atoms with E-state index in [1.54, 1.807) is 6.07 Å². The van der Waals surface area contributed by atoms with Crippen molar-refractivity contribution in [2.45, 2.75) is 0 Å². The van der Waals surface area contributed by atoms with E-state index >= 15 is 0 Å². The van der Waals surface area contributed by atoms with Gasteiger partial charge in [0.05, 0.1) is 5.69 Å². The van der Waals surface area contributed by atoms with Crippen molar-refractivity contribution in [3.8, 4) is 5.75 Å². The minimum atomic E-state index is 0.0897. The molecular formula is C6H7ClN2O. The molecule has 10 heavy (non-hydrogen) atoms. The van der Waals surface area contributed by atoms with Crippen LogP contribution in [0.1, 0.15) is 0 Å². The van der Waals surface area contributed by atoms with Crippen molar-refractivity contribution in [2.75, 3.05) is 5.43 Å². The van der Waals surface area contributed by atoms with Crippen molar-refractivity contribution in [1.82, 2.24) is 0 Å². The highest BCUT2D eigenvalue weighted by atomic mass is 35.5. The van der Waals surface area contributed by atoms with E-state index in [4.69, 9.17) is 22.6 Å². The topological polar surface area (TPSA) is 58.3 Å². The molecule has 0 aliphatic rings. The molecule has 54 valence electrons. The van der Waals surface area contributed by atoms with Crippen LogP contribution in [0.5, 0.6) is 5.75 Å². The number of anilines is 1. The summed E-state index contributed by atoms with van der Waals surface area (Å²) in [7, 11) is 0. The van der Waals surface area contributed by atoms with Gasteiger partial charge >= 0.3 is 0 Å². The molecule has 0 aromatic heterocycles. The molecule has 3 nitrogen and oxygen atoms in total. The molecule has 0 bridgehead atoms. The molecule has 0 spiro atoms. The maximum atomic E-state index is 9.03. The molecule has 4 heteroatoms. The van der Waals surface area contributed by atoms with Gasteiger partial charge in [0.25, 0.3) is 0 Å². The number of halogens is 1. The molecular weight excluding hydrogens is 152 g/mol. The average molecular weight is 159 g/mol. The van der Waals surface area contributed by atoms with E-state index in [2.05, 4.69) is 5.43 Å². The zero-order valence-corrected chi connectivity index (χ0v) is 5.89. The third-order valence-electron chi connectivity index (χ3n) is 1.11. The first-order valence-corrected chi connectivity index (χ1v) is 3.07. The van der Waals surface area contributed by atoms with Gasteiger partial charge in [-0.05, 0) is 18.2 Å². The van der Waals surface area contributed by atoms with Crippen molar-refractivity contribution in [3.63, 3.8) is 0 Å². The molecule has 0 aliphatic heterocycles. The minimum absolute atomic E-state index is 0.0897. The van der Waals surface area contributed by atoms with Crippen LogP contribution in [0.15, 0.2) is 18.2 Å². The summed E-state index contributed by atoms with van der Waals surface area (Å²) in [5.74, 6) is 5.14. The van der Waals surface area contributed by atoms with Crippen LogP contribution >= 0.6 is 11.6 Å². The quantitative estimate of drug-likeness (QED) is 0.328. The van der Waals surface area contributed by atoms with E-state index in [9.17, 15) is 0 Å². The molecule has 0 saturated heterocycles. The molecule has 0 atom stereocenters. The molecule has 1 aromatic rings. The average Bonchev–Trinajstić information content (AvgIpc) is 1.94. The van der Waals surface area contributed by atoms with Crippen LogP contribution in [0, 0.1) is 0 Å². The second kappa shape index (κ2) is 2.77. The monoisotopic (exact) mass is 158 g/mol. The molecule has 0 fully saturated rings. The maximum Gasteiger partial charge on any atom is 0.140 e. The Morgan fingerprint density at radius 3 is 2.70 bits per heavy atom. The van der Waals surface area contributed by atoms with Crippen LogP contribution in [-0.2, 0) is 0 Å². The number of hydrazine groups is 1. The third kappa shape index (κ3) is 1.32. The van der Waals surface area contributed by atoms with E-state index in [-0.39, 0.29) is 5.75 Å². The highest BCUT2D eigenvalue weighted by Crippen LogP contribution is 2.24. The smallest absolute Gasteiger partial charge is 0.140 e. The van der Waals surface area contributed by atoms with Gasteiger partial charge in [-0.2, -0.15) is 0 Å². The normalized spacial score (nSPS) is 9.40. The van der Waals surface area contributed by atoms with Gasteiger partial charge in [-0.1, -0.05) is 11.6 Å². The van der Waals surface area contributed by atoms with Gasteiger partial charge in [0.15, 0.2) is 0 Å². The number of phenols is 1. The number of nitrogen functional groups attached to an aromatic ring is 1. The van der Waals surface area contributed by atoms with Gasteiger partial charge in [-0.15, -0.1) is 0 Å². The molecule has 0 amide bonds. The fourth-order valence-electron chi connectivity index (χ4n) is 0.624. The summed E-state index contributed by atoms with van der Waals surface area (Å²) < 4.78 is 0. The minimum Gasteiger partial charge on any atom is -0.506 e. The van der Waals surface area contributed by atoms with Crippen LogP contribution in [0.2, 0.25) is 5.02 Å². The van der Waals surface area contributed by atoms with Crippen molar-refractivity contribution >= 4 is 17.3 Å².